The minimum Gasteiger partial charge on any atom is -0.494 e. The highest BCUT2D eigenvalue weighted by atomic mass is 19.3. The Hall–Kier alpha value is -3.51. The van der Waals surface area contributed by atoms with E-state index in [1.807, 2.05) is 43.5 Å². The summed E-state index contributed by atoms with van der Waals surface area (Å²) in [5.41, 5.74) is 7.87. The predicted octanol–water partition coefficient (Wildman–Crippen LogP) is 8.05. The molecule has 0 unspecified atom stereocenters. The molecule has 39 heavy (non-hydrogen) atoms. The molecule has 0 N–H and O–H groups in total. The number of hydrogen-bond donors (Lipinski definition) is 0. The first-order valence-electron chi connectivity index (χ1n) is 13.9. The van der Waals surface area contributed by atoms with Crippen molar-refractivity contribution in [3.05, 3.63) is 94.9 Å². The molecule has 0 spiro atoms. The Morgan fingerprint density at radius 2 is 1.97 bits per heavy atom. The van der Waals surface area contributed by atoms with E-state index >= 15 is 0 Å². The lowest BCUT2D eigenvalue weighted by Gasteiger charge is -2.18. The second kappa shape index (κ2) is 12.6. The quantitative estimate of drug-likeness (QED) is 0.207. The number of allylic oxidation sites excluding steroid dienone is 6. The maximum absolute atomic E-state index is 13.1. The number of rotatable bonds is 9. The largest absolute Gasteiger partial charge is 0.494 e. The molecule has 4 nitrogen and oxygen atoms in total. The van der Waals surface area contributed by atoms with Gasteiger partial charge in [-0.25, -0.2) is 0 Å². The molecule has 0 radical (unpaired) electrons. The molecule has 0 bridgehead atoms. The molecule has 3 aromatic rings. The van der Waals surface area contributed by atoms with Gasteiger partial charge in [0.15, 0.2) is 5.75 Å². The third kappa shape index (κ3) is 6.22. The van der Waals surface area contributed by atoms with Crippen LogP contribution in [0.5, 0.6) is 5.75 Å². The van der Waals surface area contributed by atoms with Crippen LogP contribution in [0, 0.1) is 0 Å². The molecule has 1 fully saturated rings. The standard InChI is InChI=1S/C33H36F2N2O2/c1-23(12-13-24(2)38-27-16-20-37(22-27)19-6-17-34)33-28-15-14-26(39-35)21-25(28)7-3-9-31(33)29-8-4-11-32-30(29)10-5-18-36-32/h4-5,8,10-15,18,21,27H,3,6-7,9,16-17,19-20,22H2,1-2H3/b23-12+,24-13+/t27-/m0/s1. The van der Waals surface area contributed by atoms with Gasteiger partial charge in [-0.05, 0) is 110 Å². The molecule has 5 rings (SSSR count). The van der Waals surface area contributed by atoms with Crippen LogP contribution in [-0.2, 0) is 11.2 Å². The molecule has 2 heterocycles. The van der Waals surface area contributed by atoms with Crippen molar-refractivity contribution in [1.82, 2.24) is 9.88 Å². The van der Waals surface area contributed by atoms with Gasteiger partial charge in [-0.2, -0.15) is 0 Å². The van der Waals surface area contributed by atoms with Gasteiger partial charge in [0.05, 0.1) is 18.0 Å². The van der Waals surface area contributed by atoms with Crippen molar-refractivity contribution < 1.29 is 18.6 Å². The molecule has 1 aromatic heterocycles. The molecule has 2 aromatic carbocycles. The van der Waals surface area contributed by atoms with Gasteiger partial charge in [-0.15, -0.1) is 0 Å². The van der Waals surface area contributed by atoms with E-state index in [1.165, 1.54) is 11.1 Å². The molecule has 1 saturated heterocycles. The van der Waals surface area contributed by atoms with Crippen LogP contribution in [0.25, 0.3) is 22.0 Å². The van der Waals surface area contributed by atoms with Crippen molar-refractivity contribution in [3.63, 3.8) is 0 Å². The van der Waals surface area contributed by atoms with Crippen LogP contribution < -0.4 is 4.94 Å². The first-order valence-corrected chi connectivity index (χ1v) is 13.9. The van der Waals surface area contributed by atoms with Crippen LogP contribution in [-0.4, -0.2) is 42.3 Å². The summed E-state index contributed by atoms with van der Waals surface area (Å²) in [6, 6.07) is 15.9. The van der Waals surface area contributed by atoms with Gasteiger partial charge < -0.3 is 4.74 Å². The van der Waals surface area contributed by atoms with Crippen LogP contribution in [0.3, 0.4) is 0 Å². The third-order valence-electron chi connectivity index (χ3n) is 7.73. The molecule has 0 amide bonds. The van der Waals surface area contributed by atoms with Gasteiger partial charge in [0.2, 0.25) is 0 Å². The van der Waals surface area contributed by atoms with E-state index in [1.54, 1.807) is 6.07 Å². The maximum atomic E-state index is 13.1. The van der Waals surface area contributed by atoms with Crippen LogP contribution in [0.4, 0.5) is 8.92 Å². The lowest BCUT2D eigenvalue weighted by atomic mass is 9.86. The number of benzene rings is 2. The topological polar surface area (TPSA) is 34.6 Å². The van der Waals surface area contributed by atoms with Crippen molar-refractivity contribution in [1.29, 1.82) is 0 Å². The van der Waals surface area contributed by atoms with Crippen molar-refractivity contribution in [2.45, 2.75) is 52.1 Å². The number of pyridine rings is 1. The fourth-order valence-electron chi connectivity index (χ4n) is 5.91. The predicted molar refractivity (Wildman–Crippen MR) is 154 cm³/mol. The summed E-state index contributed by atoms with van der Waals surface area (Å²) in [5.74, 6) is 1.09. The second-order valence-corrected chi connectivity index (χ2v) is 10.5. The normalized spacial score (nSPS) is 18.8. The zero-order chi connectivity index (χ0) is 27.2. The summed E-state index contributed by atoms with van der Waals surface area (Å²) in [6.45, 7) is 6.42. The van der Waals surface area contributed by atoms with E-state index < -0.39 is 0 Å². The summed E-state index contributed by atoms with van der Waals surface area (Å²) in [7, 11) is 0. The zero-order valence-electron chi connectivity index (χ0n) is 22.8. The fourth-order valence-corrected chi connectivity index (χ4v) is 5.91. The number of hydrogen-bond acceptors (Lipinski definition) is 4. The van der Waals surface area contributed by atoms with E-state index in [0.717, 1.165) is 84.3 Å². The number of aryl methyl sites for hydroxylation is 1. The van der Waals surface area contributed by atoms with Crippen molar-refractivity contribution in [2.75, 3.05) is 26.3 Å². The summed E-state index contributed by atoms with van der Waals surface area (Å²) >= 11 is 0. The SMILES string of the molecule is C/C(=C\C=C(/C)C1=C(c2cccc3ncccc23)CCCc2cc(OF)ccc21)O[C@H]1CCN(CCCF)C1. The van der Waals surface area contributed by atoms with Crippen LogP contribution in [0.1, 0.15) is 56.2 Å². The van der Waals surface area contributed by atoms with Gasteiger partial charge in [0.1, 0.15) is 6.10 Å². The Bertz CT molecular complexity index is 1410. The lowest BCUT2D eigenvalue weighted by molar-refractivity contribution is -0.00629. The second-order valence-electron chi connectivity index (χ2n) is 10.5. The highest BCUT2D eigenvalue weighted by Gasteiger charge is 2.24. The summed E-state index contributed by atoms with van der Waals surface area (Å²) in [4.78, 5) is 10.9. The third-order valence-corrected chi connectivity index (χ3v) is 7.73. The van der Waals surface area contributed by atoms with E-state index in [2.05, 4.69) is 46.0 Å². The van der Waals surface area contributed by atoms with Crippen molar-refractivity contribution >= 4 is 22.0 Å². The smallest absolute Gasteiger partial charge is 0.172 e. The molecular formula is C33H36F2N2O2. The molecule has 2 aliphatic rings. The molecule has 1 atom stereocenters. The van der Waals surface area contributed by atoms with Crippen LogP contribution in [0.2, 0.25) is 0 Å². The van der Waals surface area contributed by atoms with E-state index in [4.69, 9.17) is 4.74 Å². The Labute approximate surface area is 229 Å². The molecule has 0 saturated carbocycles. The minimum atomic E-state index is -0.274. The lowest BCUT2D eigenvalue weighted by Crippen LogP contribution is -2.24. The average molecular weight is 531 g/mol. The number of alkyl halides is 1. The van der Waals surface area contributed by atoms with Gasteiger partial charge in [0.25, 0.3) is 0 Å². The number of aromatic nitrogens is 1. The first kappa shape index (κ1) is 27.1. The number of fused-ring (bicyclic) bond motifs is 2. The summed E-state index contributed by atoms with van der Waals surface area (Å²) in [6.07, 6.45) is 10.3. The Morgan fingerprint density at radius 1 is 1.08 bits per heavy atom. The Kier molecular flexibility index (Phi) is 8.72. The van der Waals surface area contributed by atoms with Gasteiger partial charge in [0, 0.05) is 35.7 Å². The fraction of sp³-hybridized carbons (Fsp3) is 0.364. The first-order chi connectivity index (χ1) is 19.1. The number of nitrogens with zero attached hydrogens (tertiary/aromatic N) is 2. The van der Waals surface area contributed by atoms with Gasteiger partial charge in [-0.1, -0.05) is 30.3 Å². The highest BCUT2D eigenvalue weighted by molar-refractivity contribution is 6.05. The zero-order valence-corrected chi connectivity index (χ0v) is 22.8. The summed E-state index contributed by atoms with van der Waals surface area (Å²) in [5, 5.41) is 1.13. The number of halogens is 2. The molecular weight excluding hydrogens is 494 g/mol. The summed E-state index contributed by atoms with van der Waals surface area (Å²) < 4.78 is 31.9. The van der Waals surface area contributed by atoms with E-state index in [-0.39, 0.29) is 18.5 Å². The minimum absolute atomic E-state index is 0.130. The molecule has 1 aliphatic carbocycles. The average Bonchev–Trinajstić information content (AvgIpc) is 3.32. The van der Waals surface area contributed by atoms with E-state index in [0.29, 0.717) is 6.42 Å². The number of likely N-dealkylation sites (tertiary alicyclic amines) is 1. The van der Waals surface area contributed by atoms with E-state index in [9.17, 15) is 8.92 Å². The molecule has 6 heteroatoms. The molecule has 1 aliphatic heterocycles. The van der Waals surface area contributed by atoms with Gasteiger partial charge in [-0.3, -0.25) is 19.2 Å². The van der Waals surface area contributed by atoms with Crippen LogP contribution in [0.15, 0.2) is 78.2 Å². The highest BCUT2D eigenvalue weighted by Crippen LogP contribution is 2.42. The van der Waals surface area contributed by atoms with Gasteiger partial charge >= 0.3 is 0 Å². The van der Waals surface area contributed by atoms with Crippen molar-refractivity contribution in [3.8, 4) is 5.75 Å². The number of ether oxygens (including phenoxy) is 1. The maximum Gasteiger partial charge on any atom is 0.172 e. The Morgan fingerprint density at radius 3 is 2.82 bits per heavy atom. The van der Waals surface area contributed by atoms with Crippen molar-refractivity contribution in [2.24, 2.45) is 0 Å². The van der Waals surface area contributed by atoms with Crippen LogP contribution >= 0.6 is 0 Å². The Balaban J connectivity index is 1.52. The molecule has 204 valence electrons. The monoisotopic (exact) mass is 530 g/mol.